The van der Waals surface area contributed by atoms with Gasteiger partial charge in [0.1, 0.15) is 11.9 Å². The number of halogens is 1. The summed E-state index contributed by atoms with van der Waals surface area (Å²) in [5.41, 5.74) is 3.58. The minimum Gasteiger partial charge on any atom is -0.328 e. The number of benzene rings is 2. The monoisotopic (exact) mass is 472 g/mol. The molecule has 0 saturated heterocycles. The van der Waals surface area contributed by atoms with Gasteiger partial charge in [0.15, 0.2) is 0 Å². The minimum absolute atomic E-state index is 0.299. The molecule has 34 heavy (non-hydrogen) atoms. The predicted molar refractivity (Wildman–Crippen MR) is 130 cm³/mol. The molecule has 9 heteroatoms. The highest BCUT2D eigenvalue weighted by Crippen LogP contribution is 2.37. The van der Waals surface area contributed by atoms with E-state index in [4.69, 9.17) is 5.10 Å². The number of amides is 1. The number of carbonyl (C=O) groups excluding carboxylic acids is 1. The highest BCUT2D eigenvalue weighted by Gasteiger charge is 2.34. The van der Waals surface area contributed by atoms with E-state index < -0.39 is 6.04 Å². The van der Waals surface area contributed by atoms with Crippen LogP contribution in [-0.4, -0.2) is 25.7 Å². The molecule has 1 aliphatic heterocycles. The first-order valence-electron chi connectivity index (χ1n) is 10.7. The average Bonchev–Trinajstić information content (AvgIpc) is 3.26. The lowest BCUT2D eigenvalue weighted by Crippen LogP contribution is -2.31. The van der Waals surface area contributed by atoms with Gasteiger partial charge in [-0.2, -0.15) is 4.98 Å². The van der Waals surface area contributed by atoms with E-state index in [2.05, 4.69) is 32.7 Å². The Morgan fingerprint density at radius 3 is 2.65 bits per heavy atom. The maximum Gasteiger partial charge on any atom is 0.255 e. The van der Waals surface area contributed by atoms with Gasteiger partial charge in [0, 0.05) is 17.6 Å². The van der Waals surface area contributed by atoms with Gasteiger partial charge < -0.3 is 10.6 Å². The second-order valence-electron chi connectivity index (χ2n) is 7.75. The number of anilines is 2. The number of fused-ring (bicyclic) bond motifs is 1. The Bertz CT molecular complexity index is 1340. The zero-order chi connectivity index (χ0) is 23.5. The largest absolute Gasteiger partial charge is 0.328 e. The molecule has 1 aliphatic rings. The zero-order valence-corrected chi connectivity index (χ0v) is 19.1. The molecule has 0 bridgehead atoms. The molecule has 170 valence electrons. The minimum atomic E-state index is -0.577. The number of thioether (sulfide) groups is 1. The molecule has 5 rings (SSSR count). The number of aromatic nitrogens is 4. The molecule has 2 N–H and O–H groups in total. The number of nitrogens with zero attached hydrogens (tertiary/aromatic N) is 4. The molecule has 0 fully saturated rings. The van der Waals surface area contributed by atoms with Gasteiger partial charge in [-0.3, -0.25) is 9.78 Å². The maximum atomic E-state index is 13.7. The Hall–Kier alpha value is -3.98. The number of hydrogen-bond acceptors (Lipinski definition) is 6. The van der Waals surface area contributed by atoms with Gasteiger partial charge in [0.05, 0.1) is 17.5 Å². The van der Waals surface area contributed by atoms with Crippen molar-refractivity contribution >= 4 is 29.3 Å². The topological polar surface area (TPSA) is 84.7 Å². The molecule has 0 radical (unpaired) electrons. The van der Waals surface area contributed by atoms with Crippen molar-refractivity contribution in [2.45, 2.75) is 23.9 Å². The number of hydrogen-bond donors (Lipinski definition) is 2. The van der Waals surface area contributed by atoms with Crippen LogP contribution in [0.3, 0.4) is 0 Å². The number of nitrogens with one attached hydrogen (secondary N) is 2. The van der Waals surface area contributed by atoms with Crippen molar-refractivity contribution < 1.29 is 9.18 Å². The summed E-state index contributed by atoms with van der Waals surface area (Å²) >= 11 is 1.51. The van der Waals surface area contributed by atoms with Crippen molar-refractivity contribution in [1.29, 1.82) is 0 Å². The van der Waals surface area contributed by atoms with Crippen LogP contribution in [0.15, 0.2) is 95.6 Å². The van der Waals surface area contributed by atoms with Crippen molar-refractivity contribution in [1.82, 2.24) is 19.7 Å². The van der Waals surface area contributed by atoms with Crippen LogP contribution in [0.25, 0.3) is 0 Å². The first kappa shape index (κ1) is 21.8. The van der Waals surface area contributed by atoms with Crippen LogP contribution in [0.5, 0.6) is 0 Å². The summed E-state index contributed by atoms with van der Waals surface area (Å²) in [6.07, 6.45) is 3.22. The molecule has 0 aliphatic carbocycles. The smallest absolute Gasteiger partial charge is 0.255 e. The second kappa shape index (κ2) is 9.48. The van der Waals surface area contributed by atoms with E-state index in [1.165, 1.54) is 23.9 Å². The Kier molecular flexibility index (Phi) is 6.09. The molecule has 2 aromatic heterocycles. The van der Waals surface area contributed by atoms with Gasteiger partial charge in [0.2, 0.25) is 11.1 Å². The van der Waals surface area contributed by atoms with Crippen LogP contribution in [-0.2, 0) is 10.5 Å². The molecule has 2 aromatic carbocycles. The van der Waals surface area contributed by atoms with Crippen molar-refractivity contribution in [3.63, 3.8) is 0 Å². The number of carbonyl (C=O) groups is 1. The van der Waals surface area contributed by atoms with Crippen molar-refractivity contribution in [3.8, 4) is 0 Å². The van der Waals surface area contributed by atoms with E-state index in [0.29, 0.717) is 33.8 Å². The normalized spacial score (nSPS) is 14.9. The summed E-state index contributed by atoms with van der Waals surface area (Å²) in [4.78, 5) is 22.1. The van der Waals surface area contributed by atoms with E-state index in [0.717, 1.165) is 11.1 Å². The van der Waals surface area contributed by atoms with Gasteiger partial charge in [-0.15, -0.1) is 5.10 Å². The van der Waals surface area contributed by atoms with Gasteiger partial charge in [-0.05, 0) is 42.3 Å². The zero-order valence-electron chi connectivity index (χ0n) is 18.3. The van der Waals surface area contributed by atoms with Crippen LogP contribution < -0.4 is 10.6 Å². The third kappa shape index (κ3) is 4.55. The first-order valence-corrected chi connectivity index (χ1v) is 11.6. The molecule has 0 spiro atoms. The summed E-state index contributed by atoms with van der Waals surface area (Å²) < 4.78 is 15.4. The van der Waals surface area contributed by atoms with Crippen LogP contribution in [0, 0.1) is 5.82 Å². The molecule has 3 heterocycles. The standard InChI is InChI=1S/C25H21FN6OS/c1-16-21(23(33)29-20-8-5-13-27-14-20)22(18-9-11-19(26)12-10-18)32-24(28-16)30-25(31-32)34-15-17-6-3-2-4-7-17/h2-14,22H,15H2,1H3,(H,29,33)(H,28,30,31)/t22-/m1/s1. The third-order valence-electron chi connectivity index (χ3n) is 5.39. The van der Waals surface area contributed by atoms with Gasteiger partial charge in [-0.1, -0.05) is 54.2 Å². The summed E-state index contributed by atoms with van der Waals surface area (Å²) in [5.74, 6) is 0.594. The Balaban J connectivity index is 1.49. The van der Waals surface area contributed by atoms with E-state index in [9.17, 15) is 9.18 Å². The summed E-state index contributed by atoms with van der Waals surface area (Å²) in [6, 6.07) is 19.1. The first-order chi connectivity index (χ1) is 16.6. The maximum absolute atomic E-state index is 13.7. The molecular weight excluding hydrogens is 451 g/mol. The van der Waals surface area contributed by atoms with E-state index >= 15 is 0 Å². The Labute approximate surface area is 200 Å². The molecule has 0 saturated carbocycles. The fourth-order valence-electron chi connectivity index (χ4n) is 3.80. The number of rotatable bonds is 6. The average molecular weight is 473 g/mol. The lowest BCUT2D eigenvalue weighted by atomic mass is 9.95. The highest BCUT2D eigenvalue weighted by molar-refractivity contribution is 7.98. The Morgan fingerprint density at radius 2 is 1.91 bits per heavy atom. The molecular formula is C25H21FN6OS. The van der Waals surface area contributed by atoms with Crippen molar-refractivity contribution in [2.75, 3.05) is 10.6 Å². The van der Waals surface area contributed by atoms with Crippen LogP contribution in [0.1, 0.15) is 24.1 Å². The van der Waals surface area contributed by atoms with Crippen LogP contribution >= 0.6 is 11.8 Å². The van der Waals surface area contributed by atoms with Crippen molar-refractivity contribution in [2.24, 2.45) is 0 Å². The summed E-state index contributed by atoms with van der Waals surface area (Å²) in [6.45, 7) is 1.82. The lowest BCUT2D eigenvalue weighted by Gasteiger charge is -2.28. The fourth-order valence-corrected chi connectivity index (χ4v) is 4.58. The van der Waals surface area contributed by atoms with Crippen molar-refractivity contribution in [3.05, 3.63) is 107 Å². The molecule has 0 unspecified atom stereocenters. The number of pyridine rings is 1. The summed E-state index contributed by atoms with van der Waals surface area (Å²) in [5, 5.41) is 11.4. The molecule has 1 amide bonds. The molecule has 1 atom stereocenters. The van der Waals surface area contributed by atoms with Gasteiger partial charge >= 0.3 is 0 Å². The summed E-state index contributed by atoms with van der Waals surface area (Å²) in [7, 11) is 0. The third-order valence-corrected chi connectivity index (χ3v) is 6.30. The van der Waals surface area contributed by atoms with E-state index in [1.807, 2.05) is 25.1 Å². The van der Waals surface area contributed by atoms with Gasteiger partial charge in [0.25, 0.3) is 5.91 Å². The van der Waals surface area contributed by atoms with Crippen LogP contribution in [0.4, 0.5) is 16.0 Å². The highest BCUT2D eigenvalue weighted by atomic mass is 32.2. The Morgan fingerprint density at radius 1 is 1.12 bits per heavy atom. The SMILES string of the molecule is CC1=C(C(=O)Nc2cccnc2)[C@@H](c2ccc(F)cc2)n2nc(SCc3ccccc3)nc2N1. The predicted octanol–water partition coefficient (Wildman–Crippen LogP) is 5.03. The van der Waals surface area contributed by atoms with E-state index in [-0.39, 0.29) is 11.7 Å². The number of allylic oxidation sites excluding steroid dienone is 1. The molecule has 7 nitrogen and oxygen atoms in total. The van der Waals surface area contributed by atoms with Crippen LogP contribution in [0.2, 0.25) is 0 Å². The fraction of sp³-hybridized carbons (Fsp3) is 0.120. The van der Waals surface area contributed by atoms with E-state index in [1.54, 1.807) is 41.3 Å². The van der Waals surface area contributed by atoms with Gasteiger partial charge in [-0.25, -0.2) is 9.07 Å². The quantitative estimate of drug-likeness (QED) is 0.383. The second-order valence-corrected chi connectivity index (χ2v) is 8.69. The lowest BCUT2D eigenvalue weighted by molar-refractivity contribution is -0.113. The molecule has 4 aromatic rings.